The van der Waals surface area contributed by atoms with E-state index in [-0.39, 0.29) is 0 Å². The molecule has 1 fully saturated rings. The van der Waals surface area contributed by atoms with Crippen molar-refractivity contribution < 1.29 is 9.90 Å². The number of anilines is 1. The van der Waals surface area contributed by atoms with E-state index in [4.69, 9.17) is 5.11 Å². The van der Waals surface area contributed by atoms with E-state index in [0.717, 1.165) is 48.9 Å². The molecule has 1 aromatic rings. The monoisotopic (exact) mass is 266 g/mol. The third-order valence-electron chi connectivity index (χ3n) is 2.95. The molecule has 0 aliphatic carbocycles. The molecule has 2 heterocycles. The summed E-state index contributed by atoms with van der Waals surface area (Å²) in [6.45, 7) is 3.98. The van der Waals surface area contributed by atoms with Crippen molar-refractivity contribution >= 4 is 23.5 Å². The van der Waals surface area contributed by atoms with E-state index in [0.29, 0.717) is 5.56 Å². The minimum absolute atomic E-state index is 0.349. The molecular formula is C13H18N2O2S. The Labute approximate surface area is 111 Å². The third kappa shape index (κ3) is 3.16. The molecule has 18 heavy (non-hydrogen) atoms. The van der Waals surface area contributed by atoms with Crippen molar-refractivity contribution in [3.8, 4) is 0 Å². The fraction of sp³-hybridized carbons (Fsp3) is 0.538. The van der Waals surface area contributed by atoms with E-state index in [1.165, 1.54) is 0 Å². The minimum atomic E-state index is -0.873. The number of aromatic carboxylic acids is 1. The smallest absolute Gasteiger partial charge is 0.335 e. The molecule has 2 rings (SSSR count). The Hall–Kier alpha value is -1.23. The zero-order valence-electron chi connectivity index (χ0n) is 10.6. The molecule has 0 atom stereocenters. The molecule has 1 aliphatic heterocycles. The molecule has 5 heteroatoms. The summed E-state index contributed by atoms with van der Waals surface area (Å²) in [5.74, 6) is 2.12. The van der Waals surface area contributed by atoms with Crippen LogP contribution in [0, 0.1) is 0 Å². The van der Waals surface area contributed by atoms with Crippen molar-refractivity contribution in [3.05, 3.63) is 23.4 Å². The average Bonchev–Trinajstić information content (AvgIpc) is 2.40. The Bertz CT molecular complexity index is 431. The lowest BCUT2D eigenvalue weighted by Crippen LogP contribution is -2.33. The van der Waals surface area contributed by atoms with E-state index in [1.807, 2.05) is 11.8 Å². The van der Waals surface area contributed by atoms with E-state index in [9.17, 15) is 4.79 Å². The molecule has 0 aromatic carbocycles. The first-order valence-corrected chi connectivity index (χ1v) is 7.43. The maximum absolute atomic E-state index is 11.1. The summed E-state index contributed by atoms with van der Waals surface area (Å²) in [5, 5.41) is 9.15. The van der Waals surface area contributed by atoms with E-state index in [1.54, 1.807) is 12.1 Å². The predicted molar refractivity (Wildman–Crippen MR) is 74.7 cm³/mol. The summed E-state index contributed by atoms with van der Waals surface area (Å²) < 4.78 is 0. The second-order valence-electron chi connectivity index (χ2n) is 4.36. The molecule has 0 unspecified atom stereocenters. The Balaban J connectivity index is 2.29. The Kier molecular flexibility index (Phi) is 4.47. The minimum Gasteiger partial charge on any atom is -0.478 e. The summed E-state index contributed by atoms with van der Waals surface area (Å²) in [6, 6.07) is 3.38. The molecule has 0 radical (unpaired) electrons. The summed E-state index contributed by atoms with van der Waals surface area (Å²) >= 11 is 1.93. The molecular weight excluding hydrogens is 248 g/mol. The fourth-order valence-electron chi connectivity index (χ4n) is 2.03. The number of carbonyl (C=O) groups is 1. The topological polar surface area (TPSA) is 53.4 Å². The average molecular weight is 266 g/mol. The predicted octanol–water partition coefficient (Wildman–Crippen LogP) is 2.29. The molecule has 1 N–H and O–H groups in total. The number of hydrogen-bond donors (Lipinski definition) is 1. The number of hydrogen-bond acceptors (Lipinski definition) is 4. The summed E-state index contributed by atoms with van der Waals surface area (Å²) in [7, 11) is 0. The van der Waals surface area contributed by atoms with Gasteiger partial charge in [0.05, 0.1) is 5.56 Å². The second kappa shape index (κ2) is 6.09. The Morgan fingerprint density at radius 1 is 1.44 bits per heavy atom. The molecule has 0 saturated carbocycles. The number of aryl methyl sites for hydroxylation is 1. The Morgan fingerprint density at radius 2 is 2.17 bits per heavy atom. The summed E-state index contributed by atoms with van der Waals surface area (Å²) in [5.41, 5.74) is 1.23. The number of nitrogens with zero attached hydrogens (tertiary/aromatic N) is 2. The van der Waals surface area contributed by atoms with Gasteiger partial charge < -0.3 is 10.0 Å². The third-order valence-corrected chi connectivity index (χ3v) is 3.90. The van der Waals surface area contributed by atoms with Crippen LogP contribution >= 0.6 is 11.8 Å². The van der Waals surface area contributed by atoms with Crippen LogP contribution in [0.25, 0.3) is 0 Å². The lowest BCUT2D eigenvalue weighted by atomic mass is 10.1. The molecule has 0 amide bonds. The molecule has 0 bridgehead atoms. The van der Waals surface area contributed by atoms with Gasteiger partial charge in [-0.15, -0.1) is 0 Å². The van der Waals surface area contributed by atoms with Gasteiger partial charge in [-0.1, -0.05) is 13.3 Å². The van der Waals surface area contributed by atoms with Gasteiger partial charge in [-0.25, -0.2) is 9.78 Å². The lowest BCUT2D eigenvalue weighted by Gasteiger charge is -2.28. The molecule has 1 aromatic heterocycles. The van der Waals surface area contributed by atoms with Crippen molar-refractivity contribution in [2.75, 3.05) is 29.5 Å². The van der Waals surface area contributed by atoms with E-state index >= 15 is 0 Å². The summed E-state index contributed by atoms with van der Waals surface area (Å²) in [4.78, 5) is 17.9. The summed E-state index contributed by atoms with van der Waals surface area (Å²) in [6.07, 6.45) is 1.81. The number of aromatic nitrogens is 1. The zero-order valence-corrected chi connectivity index (χ0v) is 11.4. The first kappa shape index (κ1) is 13.2. The highest BCUT2D eigenvalue weighted by atomic mass is 32.2. The van der Waals surface area contributed by atoms with Crippen molar-refractivity contribution in [2.45, 2.75) is 19.8 Å². The van der Waals surface area contributed by atoms with Gasteiger partial charge in [0.2, 0.25) is 0 Å². The van der Waals surface area contributed by atoms with Crippen molar-refractivity contribution in [3.63, 3.8) is 0 Å². The zero-order chi connectivity index (χ0) is 13.0. The SMILES string of the molecule is CCCc1cc(C(=O)O)cc(N2CCSCC2)n1. The number of rotatable bonds is 4. The maximum Gasteiger partial charge on any atom is 0.335 e. The Morgan fingerprint density at radius 3 is 2.78 bits per heavy atom. The van der Waals surface area contributed by atoms with Gasteiger partial charge in [0.1, 0.15) is 5.82 Å². The fourth-order valence-corrected chi connectivity index (χ4v) is 2.94. The number of carboxylic acids is 1. The second-order valence-corrected chi connectivity index (χ2v) is 5.58. The highest BCUT2D eigenvalue weighted by Gasteiger charge is 2.15. The number of pyridine rings is 1. The van der Waals surface area contributed by atoms with Gasteiger partial charge in [0, 0.05) is 30.3 Å². The van der Waals surface area contributed by atoms with Crippen molar-refractivity contribution in [1.82, 2.24) is 4.98 Å². The van der Waals surface area contributed by atoms with Crippen molar-refractivity contribution in [2.24, 2.45) is 0 Å². The van der Waals surface area contributed by atoms with Gasteiger partial charge in [-0.05, 0) is 18.6 Å². The van der Waals surface area contributed by atoms with Gasteiger partial charge in [0.15, 0.2) is 0 Å². The van der Waals surface area contributed by atoms with Crippen LogP contribution in [0.15, 0.2) is 12.1 Å². The van der Waals surface area contributed by atoms with Gasteiger partial charge in [0.25, 0.3) is 0 Å². The van der Waals surface area contributed by atoms with Crippen molar-refractivity contribution in [1.29, 1.82) is 0 Å². The highest BCUT2D eigenvalue weighted by molar-refractivity contribution is 7.99. The molecule has 1 saturated heterocycles. The van der Waals surface area contributed by atoms with Gasteiger partial charge in [-0.2, -0.15) is 11.8 Å². The molecule has 1 aliphatic rings. The van der Waals surface area contributed by atoms with Crippen LogP contribution in [0.4, 0.5) is 5.82 Å². The highest BCUT2D eigenvalue weighted by Crippen LogP contribution is 2.20. The number of carboxylic acid groups (broad SMARTS) is 1. The maximum atomic E-state index is 11.1. The van der Waals surface area contributed by atoms with Crippen LogP contribution in [-0.4, -0.2) is 40.7 Å². The standard InChI is InChI=1S/C13H18N2O2S/c1-2-3-11-8-10(13(16)17)9-12(14-11)15-4-6-18-7-5-15/h8-9H,2-7H2,1H3,(H,16,17). The van der Waals surface area contributed by atoms with E-state index in [2.05, 4.69) is 16.8 Å². The van der Waals surface area contributed by atoms with Crippen LogP contribution in [-0.2, 0) is 6.42 Å². The quantitative estimate of drug-likeness (QED) is 0.906. The van der Waals surface area contributed by atoms with Crippen LogP contribution in [0.5, 0.6) is 0 Å². The van der Waals surface area contributed by atoms with Crippen LogP contribution in [0.1, 0.15) is 29.4 Å². The first-order valence-electron chi connectivity index (χ1n) is 6.27. The molecule has 98 valence electrons. The molecule has 4 nitrogen and oxygen atoms in total. The normalized spacial score (nSPS) is 15.7. The van der Waals surface area contributed by atoms with Gasteiger partial charge >= 0.3 is 5.97 Å². The van der Waals surface area contributed by atoms with Crippen LogP contribution < -0.4 is 4.90 Å². The van der Waals surface area contributed by atoms with E-state index < -0.39 is 5.97 Å². The number of thioether (sulfide) groups is 1. The molecule has 0 spiro atoms. The van der Waals surface area contributed by atoms with Gasteiger partial charge in [-0.3, -0.25) is 0 Å². The lowest BCUT2D eigenvalue weighted by molar-refractivity contribution is 0.0696. The van der Waals surface area contributed by atoms with Crippen LogP contribution in [0.2, 0.25) is 0 Å². The first-order chi connectivity index (χ1) is 8.70. The largest absolute Gasteiger partial charge is 0.478 e. The van der Waals surface area contributed by atoms with Crippen LogP contribution in [0.3, 0.4) is 0 Å².